The normalized spacial score (nSPS) is 10.9. The summed E-state index contributed by atoms with van der Waals surface area (Å²) < 4.78 is 32.7. The Morgan fingerprint density at radius 3 is 2.43 bits per heavy atom. The molecule has 0 saturated carbocycles. The van der Waals surface area contributed by atoms with Crippen LogP contribution in [0.25, 0.3) is 22.3 Å². The van der Waals surface area contributed by atoms with Gasteiger partial charge in [0.05, 0.1) is 12.0 Å². The Morgan fingerprint density at radius 2 is 1.70 bits per heavy atom. The molecule has 160 valence electrons. The summed E-state index contributed by atoms with van der Waals surface area (Å²) in [5.41, 5.74) is 1.64. The van der Waals surface area contributed by atoms with Gasteiger partial charge in [0.2, 0.25) is 11.2 Å². The Balaban J connectivity index is 2.16. The van der Waals surface area contributed by atoms with Gasteiger partial charge in [0.1, 0.15) is 12.2 Å². The van der Waals surface area contributed by atoms with Gasteiger partial charge in [-0.05, 0) is 42.8 Å². The molecule has 3 aromatic rings. The van der Waals surface area contributed by atoms with Crippen LogP contribution in [0.3, 0.4) is 0 Å². The highest BCUT2D eigenvalue weighted by atomic mass is 16.7. The molecule has 0 fully saturated rings. The van der Waals surface area contributed by atoms with Crippen molar-refractivity contribution >= 4 is 11.0 Å². The number of rotatable bonds is 10. The Bertz CT molecular complexity index is 1060. The van der Waals surface area contributed by atoms with Crippen LogP contribution in [0, 0.1) is 6.92 Å². The largest absolute Gasteiger partial charge is 0.487 e. The van der Waals surface area contributed by atoms with Crippen molar-refractivity contribution in [3.8, 4) is 28.6 Å². The van der Waals surface area contributed by atoms with Gasteiger partial charge in [-0.2, -0.15) is 0 Å². The number of benzene rings is 2. The molecule has 8 heteroatoms. The standard InChI is InChI=1S/C22H24O8/c1-14-4-6-16-18(10-14)30-21(22(20(16)24)29-13-26-3)15-5-7-17(27-9-8-23)19(11-15)28-12-25-2/h4-7,10-11,23H,8-9,12-13H2,1-3H3. The Labute approximate surface area is 173 Å². The van der Waals surface area contributed by atoms with E-state index in [1.54, 1.807) is 30.3 Å². The van der Waals surface area contributed by atoms with Gasteiger partial charge in [0, 0.05) is 19.8 Å². The summed E-state index contributed by atoms with van der Waals surface area (Å²) in [6.45, 7) is 1.76. The summed E-state index contributed by atoms with van der Waals surface area (Å²) in [5, 5.41) is 9.44. The van der Waals surface area contributed by atoms with Crippen LogP contribution in [0.5, 0.6) is 17.2 Å². The number of aliphatic hydroxyl groups is 1. The monoisotopic (exact) mass is 416 g/mol. The van der Waals surface area contributed by atoms with Crippen molar-refractivity contribution in [1.29, 1.82) is 0 Å². The predicted molar refractivity (Wildman–Crippen MR) is 110 cm³/mol. The van der Waals surface area contributed by atoms with Crippen LogP contribution in [0.2, 0.25) is 0 Å². The summed E-state index contributed by atoms with van der Waals surface area (Å²) in [4.78, 5) is 13.1. The van der Waals surface area contributed by atoms with Crippen LogP contribution < -0.4 is 19.6 Å². The Hall–Kier alpha value is -3.07. The lowest BCUT2D eigenvalue weighted by Crippen LogP contribution is -2.12. The van der Waals surface area contributed by atoms with Crippen LogP contribution in [0.15, 0.2) is 45.6 Å². The number of methoxy groups -OCH3 is 2. The second-order valence-corrected chi connectivity index (χ2v) is 6.42. The maximum Gasteiger partial charge on any atom is 0.235 e. The van der Waals surface area contributed by atoms with E-state index in [1.165, 1.54) is 14.2 Å². The fraction of sp³-hybridized carbons (Fsp3) is 0.318. The van der Waals surface area contributed by atoms with Crippen molar-refractivity contribution in [2.45, 2.75) is 6.92 Å². The van der Waals surface area contributed by atoms with E-state index < -0.39 is 0 Å². The molecule has 0 radical (unpaired) electrons. The van der Waals surface area contributed by atoms with E-state index in [0.29, 0.717) is 28.0 Å². The first kappa shape index (κ1) is 21.6. The molecule has 0 aliphatic carbocycles. The molecule has 1 N–H and O–H groups in total. The molecular weight excluding hydrogens is 392 g/mol. The molecule has 0 saturated heterocycles. The van der Waals surface area contributed by atoms with E-state index in [9.17, 15) is 4.79 Å². The number of ether oxygens (including phenoxy) is 5. The molecule has 0 bridgehead atoms. The van der Waals surface area contributed by atoms with Gasteiger partial charge in [0.15, 0.2) is 30.8 Å². The van der Waals surface area contributed by atoms with E-state index >= 15 is 0 Å². The number of aliphatic hydroxyl groups excluding tert-OH is 1. The van der Waals surface area contributed by atoms with Crippen LogP contribution >= 0.6 is 0 Å². The SMILES string of the molecule is COCOc1cc(-c2oc3cc(C)ccc3c(=O)c2OCOC)ccc1OCCO. The number of aryl methyl sites for hydroxylation is 1. The molecule has 30 heavy (non-hydrogen) atoms. The third-order valence-electron chi connectivity index (χ3n) is 4.21. The second-order valence-electron chi connectivity index (χ2n) is 6.42. The van der Waals surface area contributed by atoms with Crippen molar-refractivity contribution in [2.24, 2.45) is 0 Å². The van der Waals surface area contributed by atoms with Gasteiger partial charge in [-0.3, -0.25) is 4.79 Å². The Morgan fingerprint density at radius 1 is 0.933 bits per heavy atom. The zero-order valence-electron chi connectivity index (χ0n) is 17.1. The molecule has 2 aromatic carbocycles. The molecule has 0 unspecified atom stereocenters. The molecule has 0 aliphatic rings. The number of hydrogen-bond acceptors (Lipinski definition) is 8. The maximum atomic E-state index is 13.1. The summed E-state index contributed by atoms with van der Waals surface area (Å²) in [6, 6.07) is 10.4. The van der Waals surface area contributed by atoms with Crippen LogP contribution in [0.1, 0.15) is 5.56 Å². The van der Waals surface area contributed by atoms with Gasteiger partial charge < -0.3 is 33.2 Å². The van der Waals surface area contributed by atoms with Gasteiger partial charge in [-0.15, -0.1) is 0 Å². The lowest BCUT2D eigenvalue weighted by atomic mass is 10.1. The molecule has 1 aromatic heterocycles. The van der Waals surface area contributed by atoms with Gasteiger partial charge in [-0.1, -0.05) is 6.07 Å². The molecule has 3 rings (SSSR count). The third-order valence-corrected chi connectivity index (χ3v) is 4.21. The van der Waals surface area contributed by atoms with Crippen molar-refractivity contribution in [2.75, 3.05) is 41.0 Å². The third kappa shape index (κ3) is 4.73. The highest BCUT2D eigenvalue weighted by Crippen LogP contribution is 2.37. The topological polar surface area (TPSA) is 96.6 Å². The van der Waals surface area contributed by atoms with E-state index in [4.69, 9.17) is 33.2 Å². The molecule has 0 aliphatic heterocycles. The predicted octanol–water partition coefficient (Wildman–Crippen LogP) is 3.10. The average Bonchev–Trinajstić information content (AvgIpc) is 2.75. The van der Waals surface area contributed by atoms with E-state index in [1.807, 2.05) is 13.0 Å². The quantitative estimate of drug-likeness (QED) is 0.504. The smallest absolute Gasteiger partial charge is 0.235 e. The lowest BCUT2D eigenvalue weighted by molar-refractivity contribution is 0.0481. The summed E-state index contributed by atoms with van der Waals surface area (Å²) in [6.07, 6.45) is 0. The first-order chi connectivity index (χ1) is 14.6. The van der Waals surface area contributed by atoms with E-state index in [0.717, 1.165) is 5.56 Å². The zero-order valence-corrected chi connectivity index (χ0v) is 17.1. The molecule has 0 spiro atoms. The van der Waals surface area contributed by atoms with Crippen molar-refractivity contribution in [3.05, 3.63) is 52.2 Å². The molecule has 1 heterocycles. The summed E-state index contributed by atoms with van der Waals surface area (Å²) in [5.74, 6) is 1.07. The molecule has 0 atom stereocenters. The van der Waals surface area contributed by atoms with E-state index in [-0.39, 0.29) is 43.7 Å². The molecular formula is C22H24O8. The van der Waals surface area contributed by atoms with Crippen molar-refractivity contribution in [1.82, 2.24) is 0 Å². The van der Waals surface area contributed by atoms with E-state index in [2.05, 4.69) is 0 Å². The minimum absolute atomic E-state index is 0.00711. The number of hydrogen-bond donors (Lipinski definition) is 1. The average molecular weight is 416 g/mol. The van der Waals surface area contributed by atoms with Crippen LogP contribution in [-0.4, -0.2) is 46.1 Å². The zero-order chi connectivity index (χ0) is 21.5. The van der Waals surface area contributed by atoms with Gasteiger partial charge in [-0.25, -0.2) is 0 Å². The molecule has 8 nitrogen and oxygen atoms in total. The Kier molecular flexibility index (Phi) is 7.29. The minimum atomic E-state index is -0.303. The fourth-order valence-electron chi connectivity index (χ4n) is 2.88. The van der Waals surface area contributed by atoms with Crippen molar-refractivity contribution in [3.63, 3.8) is 0 Å². The first-order valence-corrected chi connectivity index (χ1v) is 9.28. The lowest BCUT2D eigenvalue weighted by Gasteiger charge is -2.15. The minimum Gasteiger partial charge on any atom is -0.487 e. The first-order valence-electron chi connectivity index (χ1n) is 9.28. The van der Waals surface area contributed by atoms with Crippen molar-refractivity contribution < 1.29 is 33.2 Å². The summed E-state index contributed by atoms with van der Waals surface area (Å²) >= 11 is 0. The molecule has 0 amide bonds. The summed E-state index contributed by atoms with van der Waals surface area (Å²) in [7, 11) is 2.97. The van der Waals surface area contributed by atoms with Gasteiger partial charge >= 0.3 is 0 Å². The second kappa shape index (κ2) is 10.1. The van der Waals surface area contributed by atoms with Crippen LogP contribution in [0.4, 0.5) is 0 Å². The van der Waals surface area contributed by atoms with Gasteiger partial charge in [0.25, 0.3) is 0 Å². The fourth-order valence-corrected chi connectivity index (χ4v) is 2.88. The number of fused-ring (bicyclic) bond motifs is 1. The van der Waals surface area contributed by atoms with Crippen LogP contribution in [-0.2, 0) is 9.47 Å². The highest BCUT2D eigenvalue weighted by molar-refractivity contribution is 5.82. The highest BCUT2D eigenvalue weighted by Gasteiger charge is 2.20. The maximum absolute atomic E-state index is 13.1.